The van der Waals surface area contributed by atoms with Crippen molar-refractivity contribution in [2.75, 3.05) is 6.61 Å². The Bertz CT molecular complexity index is 296. The first kappa shape index (κ1) is 11.6. The number of carbonyl (C=O) groups is 1. The van der Waals surface area contributed by atoms with Crippen molar-refractivity contribution in [3.63, 3.8) is 0 Å². The molecule has 2 heterocycles. The van der Waals surface area contributed by atoms with Gasteiger partial charge in [-0.05, 0) is 13.8 Å². The molecule has 92 valence electrons. The number of fused-ring (bicyclic) bond motifs is 1. The number of aliphatic hydroxyl groups is 1. The summed E-state index contributed by atoms with van der Waals surface area (Å²) in [5.74, 6) is -0.746. The Labute approximate surface area is 92.8 Å². The highest BCUT2D eigenvalue weighted by atomic mass is 16.8. The lowest BCUT2D eigenvalue weighted by atomic mass is 10.1. The first-order valence-electron chi connectivity index (χ1n) is 5.11. The van der Waals surface area contributed by atoms with E-state index in [2.05, 4.69) is 5.32 Å². The van der Waals surface area contributed by atoms with Crippen molar-refractivity contribution < 1.29 is 24.1 Å². The molecule has 0 radical (unpaired) electrons. The minimum Gasteiger partial charge on any atom is -0.394 e. The van der Waals surface area contributed by atoms with Crippen LogP contribution in [0.15, 0.2) is 0 Å². The average molecular weight is 232 g/mol. The van der Waals surface area contributed by atoms with E-state index >= 15 is 0 Å². The number of hydrogen-bond acceptors (Lipinski definition) is 5. The zero-order chi connectivity index (χ0) is 11.9. The van der Waals surface area contributed by atoms with E-state index in [1.807, 2.05) is 0 Å². The van der Waals surface area contributed by atoms with Gasteiger partial charge in [0.2, 0.25) is 0 Å². The number of carbonyl (C=O) groups excluding carboxylic acids is 1. The molecule has 7 nitrogen and oxygen atoms in total. The molecule has 2 aliphatic rings. The zero-order valence-electron chi connectivity index (χ0n) is 9.17. The van der Waals surface area contributed by atoms with Gasteiger partial charge in [0.05, 0.1) is 6.61 Å². The van der Waals surface area contributed by atoms with E-state index in [4.69, 9.17) is 25.1 Å². The van der Waals surface area contributed by atoms with Gasteiger partial charge in [0.25, 0.3) is 0 Å². The van der Waals surface area contributed by atoms with E-state index in [0.717, 1.165) is 0 Å². The van der Waals surface area contributed by atoms with Crippen molar-refractivity contribution >= 4 is 6.03 Å². The second-order valence-corrected chi connectivity index (χ2v) is 4.35. The predicted molar refractivity (Wildman–Crippen MR) is 52.3 cm³/mol. The summed E-state index contributed by atoms with van der Waals surface area (Å²) in [6.45, 7) is 3.33. The predicted octanol–water partition coefficient (Wildman–Crippen LogP) is -1.11. The van der Waals surface area contributed by atoms with Crippen LogP contribution in [0.4, 0.5) is 4.79 Å². The maximum atomic E-state index is 10.8. The second-order valence-electron chi connectivity index (χ2n) is 4.35. The summed E-state index contributed by atoms with van der Waals surface area (Å²) < 4.78 is 16.5. The molecule has 2 fully saturated rings. The van der Waals surface area contributed by atoms with E-state index in [9.17, 15) is 4.79 Å². The average Bonchev–Trinajstić information content (AvgIpc) is 2.60. The minimum atomic E-state index is -0.746. The standard InChI is InChI=1S/C9H16N2O5/c1-9(2)15-5-4(3-12)14-7(6(5)16-9)11-8(10)13/h4-7,12H,3H2,1-2H3,(H3,10,11,13)/t4-,5+,6?,7-/m1/s1. The van der Waals surface area contributed by atoms with Crippen LogP contribution in [0.1, 0.15) is 13.8 Å². The quantitative estimate of drug-likeness (QED) is 0.560. The Kier molecular flexibility index (Phi) is 2.79. The highest BCUT2D eigenvalue weighted by Gasteiger charge is 2.55. The van der Waals surface area contributed by atoms with Crippen LogP contribution in [0.5, 0.6) is 0 Å². The van der Waals surface area contributed by atoms with Crippen LogP contribution in [0.25, 0.3) is 0 Å². The van der Waals surface area contributed by atoms with Gasteiger partial charge >= 0.3 is 6.03 Å². The SMILES string of the molecule is CC1(C)OC2[C@H](NC(N)=O)O[C@H](CO)[C@@H]2O1. The largest absolute Gasteiger partial charge is 0.394 e. The molecule has 0 aromatic carbocycles. The third-order valence-corrected chi connectivity index (χ3v) is 2.61. The lowest BCUT2D eigenvalue weighted by Crippen LogP contribution is -2.46. The molecule has 2 aliphatic heterocycles. The smallest absolute Gasteiger partial charge is 0.314 e. The van der Waals surface area contributed by atoms with Gasteiger partial charge < -0.3 is 30.4 Å². The molecule has 7 heteroatoms. The van der Waals surface area contributed by atoms with Crippen LogP contribution in [-0.4, -0.2) is 48.1 Å². The highest BCUT2D eigenvalue weighted by Crippen LogP contribution is 2.37. The van der Waals surface area contributed by atoms with Gasteiger partial charge in [0.15, 0.2) is 12.0 Å². The van der Waals surface area contributed by atoms with Gasteiger partial charge in [-0.1, -0.05) is 0 Å². The molecule has 0 aliphatic carbocycles. The number of rotatable bonds is 2. The third kappa shape index (κ3) is 1.99. The lowest BCUT2D eigenvalue weighted by Gasteiger charge is -2.23. The fraction of sp³-hybridized carbons (Fsp3) is 0.889. The molecule has 16 heavy (non-hydrogen) atoms. The van der Waals surface area contributed by atoms with Crippen molar-refractivity contribution in [2.45, 2.75) is 44.2 Å². The topological polar surface area (TPSA) is 103 Å². The molecule has 1 unspecified atom stereocenters. The van der Waals surface area contributed by atoms with Crippen molar-refractivity contribution in [3.8, 4) is 0 Å². The Hall–Kier alpha value is -0.890. The molecule has 0 spiro atoms. The fourth-order valence-electron chi connectivity index (χ4n) is 2.09. The van der Waals surface area contributed by atoms with E-state index in [1.54, 1.807) is 13.8 Å². The Balaban J connectivity index is 2.11. The molecule has 2 rings (SSSR count). The monoisotopic (exact) mass is 232 g/mol. The van der Waals surface area contributed by atoms with Crippen LogP contribution < -0.4 is 11.1 Å². The molecule has 0 aromatic heterocycles. The Morgan fingerprint density at radius 1 is 1.44 bits per heavy atom. The van der Waals surface area contributed by atoms with Crippen LogP contribution in [0.3, 0.4) is 0 Å². The Morgan fingerprint density at radius 3 is 2.62 bits per heavy atom. The van der Waals surface area contributed by atoms with E-state index in [0.29, 0.717) is 0 Å². The van der Waals surface area contributed by atoms with Crippen LogP contribution in [0.2, 0.25) is 0 Å². The molecule has 0 bridgehead atoms. The summed E-state index contributed by atoms with van der Waals surface area (Å²) in [6, 6.07) is -0.698. The molecule has 2 amide bonds. The van der Waals surface area contributed by atoms with Gasteiger partial charge in [-0.2, -0.15) is 0 Å². The van der Waals surface area contributed by atoms with Gasteiger partial charge in [-0.3, -0.25) is 0 Å². The van der Waals surface area contributed by atoms with Crippen molar-refractivity contribution in [2.24, 2.45) is 5.73 Å². The highest BCUT2D eigenvalue weighted by molar-refractivity contribution is 5.71. The summed E-state index contributed by atoms with van der Waals surface area (Å²) in [6.07, 6.45) is -2.03. The normalized spacial score (nSPS) is 40.7. The first-order chi connectivity index (χ1) is 7.43. The van der Waals surface area contributed by atoms with Crippen LogP contribution >= 0.6 is 0 Å². The van der Waals surface area contributed by atoms with E-state index < -0.39 is 36.4 Å². The summed E-state index contributed by atoms with van der Waals surface area (Å²) in [4.78, 5) is 10.8. The molecular weight excluding hydrogens is 216 g/mol. The van der Waals surface area contributed by atoms with Gasteiger partial charge in [0, 0.05) is 0 Å². The molecule has 0 saturated carbocycles. The maximum Gasteiger partial charge on any atom is 0.314 e. The number of nitrogens with one attached hydrogen (secondary N) is 1. The minimum absolute atomic E-state index is 0.197. The molecule has 2 saturated heterocycles. The third-order valence-electron chi connectivity index (χ3n) is 2.61. The van der Waals surface area contributed by atoms with Crippen LogP contribution in [-0.2, 0) is 14.2 Å². The molecule has 4 atom stereocenters. The number of hydrogen-bond donors (Lipinski definition) is 3. The summed E-state index contributed by atoms with van der Waals surface area (Å²) in [5.41, 5.74) is 5.02. The van der Waals surface area contributed by atoms with E-state index in [-0.39, 0.29) is 6.61 Å². The molecule has 0 aromatic rings. The summed E-state index contributed by atoms with van der Waals surface area (Å²) in [7, 11) is 0. The van der Waals surface area contributed by atoms with Gasteiger partial charge in [0.1, 0.15) is 18.3 Å². The van der Waals surface area contributed by atoms with Crippen molar-refractivity contribution in [3.05, 3.63) is 0 Å². The van der Waals surface area contributed by atoms with Crippen LogP contribution in [0, 0.1) is 0 Å². The number of urea groups is 1. The zero-order valence-corrected chi connectivity index (χ0v) is 9.17. The number of nitrogens with two attached hydrogens (primary N) is 1. The number of primary amides is 1. The molecule has 4 N–H and O–H groups in total. The maximum absolute atomic E-state index is 10.8. The number of ether oxygens (including phenoxy) is 3. The van der Waals surface area contributed by atoms with Crippen molar-refractivity contribution in [1.29, 1.82) is 0 Å². The second kappa shape index (κ2) is 3.85. The Morgan fingerprint density at radius 2 is 2.06 bits per heavy atom. The summed E-state index contributed by atoms with van der Waals surface area (Å²) in [5, 5.41) is 11.5. The first-order valence-corrected chi connectivity index (χ1v) is 5.11. The molecular formula is C9H16N2O5. The van der Waals surface area contributed by atoms with Gasteiger partial charge in [-0.25, -0.2) is 4.79 Å². The van der Waals surface area contributed by atoms with E-state index in [1.165, 1.54) is 0 Å². The fourth-order valence-corrected chi connectivity index (χ4v) is 2.09. The van der Waals surface area contributed by atoms with Gasteiger partial charge in [-0.15, -0.1) is 0 Å². The number of amides is 2. The summed E-state index contributed by atoms with van der Waals surface area (Å²) >= 11 is 0. The lowest BCUT2D eigenvalue weighted by molar-refractivity contribution is -0.192. The number of aliphatic hydroxyl groups excluding tert-OH is 1. The van der Waals surface area contributed by atoms with Crippen molar-refractivity contribution in [1.82, 2.24) is 5.32 Å².